The molecule has 0 aliphatic rings. The molecule has 2 aromatic heterocycles. The van der Waals surface area contributed by atoms with Gasteiger partial charge in [0.25, 0.3) is 0 Å². The Morgan fingerprint density at radius 2 is 2.16 bits per heavy atom. The van der Waals surface area contributed by atoms with Crippen LogP contribution < -0.4 is 0 Å². The molecule has 3 rings (SSSR count). The Balaban J connectivity index is 2.37. The van der Waals surface area contributed by atoms with Crippen molar-refractivity contribution in [3.63, 3.8) is 0 Å². The summed E-state index contributed by atoms with van der Waals surface area (Å²) in [7, 11) is 0. The standard InChI is InChI=1S/C15H13N3S/c1-2-11-14(17-9-18-15(11)19)13-5-3-4-10-8-16-7-6-12(10)13/h3-9H,2H2,1H3,(H,17,18,19). The van der Waals surface area contributed by atoms with E-state index < -0.39 is 0 Å². The van der Waals surface area contributed by atoms with Crippen LogP contribution in [0.2, 0.25) is 0 Å². The molecule has 3 nitrogen and oxygen atoms in total. The Bertz CT molecular complexity index is 787. The first kappa shape index (κ1) is 12.0. The fraction of sp³-hybridized carbons (Fsp3) is 0.133. The molecule has 0 saturated carbocycles. The summed E-state index contributed by atoms with van der Waals surface area (Å²) in [5.41, 5.74) is 3.28. The molecule has 1 N–H and O–H groups in total. The van der Waals surface area contributed by atoms with Gasteiger partial charge in [0.2, 0.25) is 0 Å². The monoisotopic (exact) mass is 267 g/mol. The lowest BCUT2D eigenvalue weighted by Crippen LogP contribution is -1.96. The lowest BCUT2D eigenvalue weighted by atomic mass is 10.00. The number of benzene rings is 1. The van der Waals surface area contributed by atoms with Gasteiger partial charge < -0.3 is 4.98 Å². The average molecular weight is 267 g/mol. The molecule has 0 atom stereocenters. The fourth-order valence-corrected chi connectivity index (χ4v) is 2.64. The molecule has 0 aliphatic heterocycles. The highest BCUT2D eigenvalue weighted by atomic mass is 32.1. The lowest BCUT2D eigenvalue weighted by molar-refractivity contribution is 1.04. The second-order valence-electron chi connectivity index (χ2n) is 4.32. The van der Waals surface area contributed by atoms with Crippen LogP contribution in [0.4, 0.5) is 0 Å². The van der Waals surface area contributed by atoms with Crippen molar-refractivity contribution in [2.45, 2.75) is 13.3 Å². The number of hydrogen-bond acceptors (Lipinski definition) is 3. The minimum Gasteiger partial charge on any atom is -0.346 e. The molecule has 3 aromatic rings. The van der Waals surface area contributed by atoms with E-state index >= 15 is 0 Å². The summed E-state index contributed by atoms with van der Waals surface area (Å²) in [6, 6.07) is 8.23. The van der Waals surface area contributed by atoms with E-state index in [4.69, 9.17) is 12.2 Å². The van der Waals surface area contributed by atoms with E-state index in [0.29, 0.717) is 4.64 Å². The number of pyridine rings is 1. The van der Waals surface area contributed by atoms with E-state index in [2.05, 4.69) is 34.0 Å². The van der Waals surface area contributed by atoms with Crippen LogP contribution in [-0.4, -0.2) is 15.0 Å². The van der Waals surface area contributed by atoms with Gasteiger partial charge in [0.1, 0.15) is 4.64 Å². The molecule has 19 heavy (non-hydrogen) atoms. The number of nitrogens with one attached hydrogen (secondary N) is 1. The molecular weight excluding hydrogens is 254 g/mol. The van der Waals surface area contributed by atoms with Gasteiger partial charge >= 0.3 is 0 Å². The normalized spacial score (nSPS) is 10.8. The van der Waals surface area contributed by atoms with Crippen LogP contribution in [-0.2, 0) is 6.42 Å². The predicted octanol–water partition coefficient (Wildman–Crippen LogP) is 3.92. The summed E-state index contributed by atoms with van der Waals surface area (Å²) < 4.78 is 0.669. The molecule has 0 fully saturated rings. The zero-order valence-corrected chi connectivity index (χ0v) is 11.4. The van der Waals surface area contributed by atoms with Gasteiger partial charge in [0.05, 0.1) is 12.0 Å². The number of hydrogen-bond donors (Lipinski definition) is 1. The van der Waals surface area contributed by atoms with Crippen molar-refractivity contribution in [1.29, 1.82) is 0 Å². The van der Waals surface area contributed by atoms with Crippen LogP contribution >= 0.6 is 12.2 Å². The molecule has 4 heteroatoms. The van der Waals surface area contributed by atoms with E-state index in [1.54, 1.807) is 6.33 Å². The number of aromatic amines is 1. The zero-order valence-electron chi connectivity index (χ0n) is 10.6. The third kappa shape index (κ3) is 2.04. The third-order valence-electron chi connectivity index (χ3n) is 3.25. The van der Waals surface area contributed by atoms with Crippen molar-refractivity contribution >= 4 is 23.0 Å². The van der Waals surface area contributed by atoms with E-state index in [1.165, 1.54) is 5.39 Å². The van der Waals surface area contributed by atoms with Crippen molar-refractivity contribution < 1.29 is 0 Å². The van der Waals surface area contributed by atoms with Crippen LogP contribution in [0.3, 0.4) is 0 Å². The highest BCUT2D eigenvalue weighted by Crippen LogP contribution is 2.29. The summed E-state index contributed by atoms with van der Waals surface area (Å²) in [6.07, 6.45) is 6.21. The zero-order chi connectivity index (χ0) is 13.2. The lowest BCUT2D eigenvalue weighted by Gasteiger charge is -2.10. The van der Waals surface area contributed by atoms with Crippen molar-refractivity contribution in [2.75, 3.05) is 0 Å². The van der Waals surface area contributed by atoms with Crippen LogP contribution in [0, 0.1) is 4.64 Å². The molecule has 94 valence electrons. The topological polar surface area (TPSA) is 41.6 Å². The minimum absolute atomic E-state index is 0.669. The molecule has 2 heterocycles. The van der Waals surface area contributed by atoms with Gasteiger partial charge in [0.15, 0.2) is 0 Å². The molecule has 0 amide bonds. The van der Waals surface area contributed by atoms with Gasteiger partial charge in [-0.05, 0) is 17.9 Å². The Morgan fingerprint density at radius 1 is 1.26 bits per heavy atom. The Kier molecular flexibility index (Phi) is 3.09. The van der Waals surface area contributed by atoms with E-state index in [-0.39, 0.29) is 0 Å². The van der Waals surface area contributed by atoms with E-state index in [1.807, 2.05) is 24.5 Å². The largest absolute Gasteiger partial charge is 0.346 e. The average Bonchev–Trinajstić information content (AvgIpc) is 2.46. The highest BCUT2D eigenvalue weighted by Gasteiger charge is 2.09. The van der Waals surface area contributed by atoms with Crippen LogP contribution in [0.25, 0.3) is 22.0 Å². The first-order chi connectivity index (χ1) is 9.31. The predicted molar refractivity (Wildman–Crippen MR) is 79.5 cm³/mol. The number of rotatable bonds is 2. The maximum absolute atomic E-state index is 5.32. The Labute approximate surface area is 116 Å². The van der Waals surface area contributed by atoms with Gasteiger partial charge in [-0.2, -0.15) is 0 Å². The number of H-pyrrole nitrogens is 1. The molecule has 0 saturated heterocycles. The second-order valence-corrected chi connectivity index (χ2v) is 4.70. The second kappa shape index (κ2) is 4.90. The van der Waals surface area contributed by atoms with Crippen LogP contribution in [0.5, 0.6) is 0 Å². The van der Waals surface area contributed by atoms with Crippen molar-refractivity contribution in [3.8, 4) is 11.3 Å². The number of nitrogens with zero attached hydrogens (tertiary/aromatic N) is 2. The smallest absolute Gasteiger partial charge is 0.133 e. The highest BCUT2D eigenvalue weighted by molar-refractivity contribution is 7.71. The molecular formula is C15H13N3S. The fourth-order valence-electron chi connectivity index (χ4n) is 2.34. The van der Waals surface area contributed by atoms with Crippen LogP contribution in [0.1, 0.15) is 12.5 Å². The molecule has 0 radical (unpaired) electrons. The summed E-state index contributed by atoms with van der Waals surface area (Å²) in [5.74, 6) is 0. The first-order valence-corrected chi connectivity index (χ1v) is 6.61. The van der Waals surface area contributed by atoms with Crippen molar-refractivity contribution in [1.82, 2.24) is 15.0 Å². The van der Waals surface area contributed by atoms with Gasteiger partial charge in [0, 0.05) is 28.9 Å². The summed E-state index contributed by atoms with van der Waals surface area (Å²) >= 11 is 5.32. The maximum atomic E-state index is 5.32. The molecule has 1 aromatic carbocycles. The summed E-state index contributed by atoms with van der Waals surface area (Å²) in [6.45, 7) is 2.09. The third-order valence-corrected chi connectivity index (χ3v) is 3.61. The van der Waals surface area contributed by atoms with Crippen molar-refractivity contribution in [3.05, 3.63) is 53.2 Å². The Morgan fingerprint density at radius 3 is 3.00 bits per heavy atom. The van der Waals surface area contributed by atoms with Gasteiger partial charge in [-0.25, -0.2) is 4.98 Å². The Hall–Kier alpha value is -2.07. The number of fused-ring (bicyclic) bond motifs is 1. The summed E-state index contributed by atoms with van der Waals surface area (Å²) in [4.78, 5) is 11.6. The van der Waals surface area contributed by atoms with Crippen LogP contribution in [0.15, 0.2) is 43.0 Å². The van der Waals surface area contributed by atoms with E-state index in [9.17, 15) is 0 Å². The molecule has 0 spiro atoms. The molecule has 0 unspecified atom stereocenters. The maximum Gasteiger partial charge on any atom is 0.133 e. The van der Waals surface area contributed by atoms with Gasteiger partial charge in [-0.15, -0.1) is 0 Å². The molecule has 0 aliphatic carbocycles. The minimum atomic E-state index is 0.669. The molecule has 0 bridgehead atoms. The summed E-state index contributed by atoms with van der Waals surface area (Å²) in [5, 5.41) is 2.29. The number of aromatic nitrogens is 3. The van der Waals surface area contributed by atoms with E-state index in [0.717, 1.165) is 28.6 Å². The first-order valence-electron chi connectivity index (χ1n) is 6.21. The quantitative estimate of drug-likeness (QED) is 0.716. The van der Waals surface area contributed by atoms with Gasteiger partial charge in [-0.1, -0.05) is 37.3 Å². The SMILES string of the molecule is CCc1c(-c2cccc3cnccc23)[nH]cnc1=S. The van der Waals surface area contributed by atoms with Gasteiger partial charge in [-0.3, -0.25) is 4.98 Å². The van der Waals surface area contributed by atoms with Crippen molar-refractivity contribution in [2.24, 2.45) is 0 Å².